The molecule has 0 saturated heterocycles. The Balaban J connectivity index is 2.15. The minimum atomic E-state index is -4.39. The summed E-state index contributed by atoms with van der Waals surface area (Å²) in [7, 11) is 1.72. The second-order valence-electron chi connectivity index (χ2n) is 6.29. The predicted octanol–water partition coefficient (Wildman–Crippen LogP) is 5.76. The number of nitrogens with zero attached hydrogens (tertiary/aromatic N) is 1. The monoisotopic (exact) mass is 367 g/mol. The van der Waals surface area contributed by atoms with E-state index in [1.54, 1.807) is 37.6 Å². The quantitative estimate of drug-likeness (QED) is 0.611. The smallest absolute Gasteiger partial charge is 0.416 e. The lowest BCUT2D eigenvalue weighted by Crippen LogP contribution is -2.06. The van der Waals surface area contributed by atoms with E-state index in [0.29, 0.717) is 33.7 Å². The first kappa shape index (κ1) is 17.7. The fraction of sp³-hybridized carbons (Fsp3) is 0.263. The van der Waals surface area contributed by atoms with E-state index in [-0.39, 0.29) is 5.75 Å². The van der Waals surface area contributed by atoms with Crippen molar-refractivity contribution in [3.05, 3.63) is 63.3 Å². The molecule has 1 heterocycles. The van der Waals surface area contributed by atoms with Crippen LogP contribution in [0, 0.1) is 13.8 Å². The van der Waals surface area contributed by atoms with Crippen molar-refractivity contribution in [2.24, 2.45) is 7.05 Å². The number of aryl methyl sites for hydroxylation is 3. The molecule has 0 spiro atoms. The van der Waals surface area contributed by atoms with Crippen LogP contribution >= 0.6 is 11.6 Å². The molecule has 0 amide bonds. The van der Waals surface area contributed by atoms with Gasteiger partial charge in [0.2, 0.25) is 0 Å². The van der Waals surface area contributed by atoms with Gasteiger partial charge in [0.25, 0.3) is 0 Å². The van der Waals surface area contributed by atoms with Crippen LogP contribution in [0.25, 0.3) is 10.9 Å². The fourth-order valence-corrected chi connectivity index (χ4v) is 3.29. The lowest BCUT2D eigenvalue weighted by Gasteiger charge is -2.11. The first-order valence-electron chi connectivity index (χ1n) is 7.72. The summed E-state index contributed by atoms with van der Waals surface area (Å²) >= 11 is 6.20. The second-order valence-corrected chi connectivity index (χ2v) is 6.69. The number of aromatic nitrogens is 1. The maximum atomic E-state index is 13.1. The van der Waals surface area contributed by atoms with Crippen LogP contribution in [0.5, 0.6) is 5.75 Å². The zero-order valence-corrected chi connectivity index (χ0v) is 14.8. The minimum Gasteiger partial charge on any atom is -0.507 e. The van der Waals surface area contributed by atoms with E-state index in [1.807, 2.05) is 6.07 Å². The minimum absolute atomic E-state index is 0.116. The normalized spacial score (nSPS) is 12.1. The number of hydrogen-bond acceptors (Lipinski definition) is 1. The summed E-state index contributed by atoms with van der Waals surface area (Å²) < 4.78 is 40.9. The average molecular weight is 368 g/mol. The molecule has 0 aliphatic carbocycles. The summed E-state index contributed by atoms with van der Waals surface area (Å²) in [5.74, 6) is 0.116. The van der Waals surface area contributed by atoms with Crippen molar-refractivity contribution in [2.45, 2.75) is 26.4 Å². The predicted molar refractivity (Wildman–Crippen MR) is 93.3 cm³/mol. The molecule has 1 aromatic heterocycles. The summed E-state index contributed by atoms with van der Waals surface area (Å²) in [6.07, 6.45) is -4.06. The van der Waals surface area contributed by atoms with Gasteiger partial charge in [0, 0.05) is 40.7 Å². The van der Waals surface area contributed by atoms with Crippen LogP contribution in [0.15, 0.2) is 30.3 Å². The standard InChI is InChI=1S/C19H17ClF3NO/c1-10-4-5-16(20)15(18(10)25)9-13-8-14-11(2)6-12(19(21,22)23)7-17(14)24(13)3/h4-8,25H,9H2,1-3H3. The molecule has 0 radical (unpaired) electrons. The fourth-order valence-electron chi connectivity index (χ4n) is 3.07. The Morgan fingerprint density at radius 3 is 2.40 bits per heavy atom. The topological polar surface area (TPSA) is 25.2 Å². The third-order valence-electron chi connectivity index (χ3n) is 4.58. The number of alkyl halides is 3. The molecule has 132 valence electrons. The Hall–Kier alpha value is -2.14. The van der Waals surface area contributed by atoms with Crippen molar-refractivity contribution in [1.82, 2.24) is 4.57 Å². The van der Waals surface area contributed by atoms with Crippen molar-refractivity contribution in [3.8, 4) is 5.75 Å². The summed E-state index contributed by atoms with van der Waals surface area (Å²) in [6.45, 7) is 3.44. The number of hydrogen-bond donors (Lipinski definition) is 1. The molecule has 0 fully saturated rings. The van der Waals surface area contributed by atoms with Gasteiger partial charge in [-0.1, -0.05) is 17.7 Å². The van der Waals surface area contributed by atoms with Gasteiger partial charge in [-0.3, -0.25) is 0 Å². The van der Waals surface area contributed by atoms with Crippen LogP contribution in [-0.4, -0.2) is 9.67 Å². The molecule has 0 atom stereocenters. The first-order chi connectivity index (χ1) is 11.6. The van der Waals surface area contributed by atoms with Crippen molar-refractivity contribution in [1.29, 1.82) is 0 Å². The number of phenols is 1. The summed E-state index contributed by atoms with van der Waals surface area (Å²) in [4.78, 5) is 0. The second kappa shape index (κ2) is 5.99. The number of fused-ring (bicyclic) bond motifs is 1. The van der Waals surface area contributed by atoms with E-state index < -0.39 is 11.7 Å². The van der Waals surface area contributed by atoms with Gasteiger partial charge < -0.3 is 9.67 Å². The van der Waals surface area contributed by atoms with E-state index >= 15 is 0 Å². The highest BCUT2D eigenvalue weighted by atomic mass is 35.5. The molecule has 0 bridgehead atoms. The highest BCUT2D eigenvalue weighted by Gasteiger charge is 2.31. The summed E-state index contributed by atoms with van der Waals surface area (Å²) in [5, 5.41) is 11.5. The molecule has 0 unspecified atom stereocenters. The zero-order chi connectivity index (χ0) is 18.5. The SMILES string of the molecule is Cc1ccc(Cl)c(Cc2cc3c(C)cc(C(F)(F)F)cc3n2C)c1O. The molecule has 2 nitrogen and oxygen atoms in total. The van der Waals surface area contributed by atoms with Gasteiger partial charge in [0.05, 0.1) is 5.56 Å². The number of rotatable bonds is 2. The Labute approximate surface area is 148 Å². The summed E-state index contributed by atoms with van der Waals surface area (Å²) in [6, 6.07) is 7.60. The third-order valence-corrected chi connectivity index (χ3v) is 4.93. The largest absolute Gasteiger partial charge is 0.507 e. The van der Waals surface area contributed by atoms with Crippen LogP contribution in [0.4, 0.5) is 13.2 Å². The van der Waals surface area contributed by atoms with Crippen molar-refractivity contribution in [2.75, 3.05) is 0 Å². The summed E-state index contributed by atoms with van der Waals surface area (Å²) in [5.41, 5.74) is 2.45. The zero-order valence-electron chi connectivity index (χ0n) is 14.0. The molecule has 3 aromatic rings. The van der Waals surface area contributed by atoms with Gasteiger partial charge in [-0.25, -0.2) is 0 Å². The Kier molecular flexibility index (Phi) is 4.23. The highest BCUT2D eigenvalue weighted by molar-refractivity contribution is 6.31. The van der Waals surface area contributed by atoms with Gasteiger partial charge >= 0.3 is 6.18 Å². The van der Waals surface area contributed by atoms with Gasteiger partial charge in [-0.2, -0.15) is 13.2 Å². The molecular formula is C19H17ClF3NO. The van der Waals surface area contributed by atoms with E-state index in [2.05, 4.69) is 0 Å². The number of halogens is 4. The highest BCUT2D eigenvalue weighted by Crippen LogP contribution is 2.36. The molecule has 1 N–H and O–H groups in total. The lowest BCUT2D eigenvalue weighted by molar-refractivity contribution is -0.137. The van der Waals surface area contributed by atoms with E-state index in [1.165, 1.54) is 0 Å². The van der Waals surface area contributed by atoms with E-state index in [0.717, 1.165) is 23.2 Å². The molecule has 0 aliphatic rings. The third kappa shape index (κ3) is 3.09. The first-order valence-corrected chi connectivity index (χ1v) is 8.10. The number of aromatic hydroxyl groups is 1. The molecule has 25 heavy (non-hydrogen) atoms. The maximum absolute atomic E-state index is 13.1. The van der Waals surface area contributed by atoms with Gasteiger partial charge in [-0.15, -0.1) is 0 Å². The Morgan fingerprint density at radius 1 is 1.08 bits per heavy atom. The van der Waals surface area contributed by atoms with Crippen molar-refractivity contribution < 1.29 is 18.3 Å². The molecule has 2 aromatic carbocycles. The average Bonchev–Trinajstić information content (AvgIpc) is 2.84. The maximum Gasteiger partial charge on any atom is 0.416 e. The Bertz CT molecular complexity index is 973. The van der Waals surface area contributed by atoms with Gasteiger partial charge in [-0.05, 0) is 49.2 Å². The van der Waals surface area contributed by atoms with Crippen molar-refractivity contribution >= 4 is 22.5 Å². The molecule has 0 saturated carbocycles. The molecule has 3 rings (SSSR count). The molecule has 0 aliphatic heterocycles. The van der Waals surface area contributed by atoms with Crippen LogP contribution in [-0.2, 0) is 19.6 Å². The lowest BCUT2D eigenvalue weighted by atomic mass is 10.0. The van der Waals surface area contributed by atoms with E-state index in [4.69, 9.17) is 11.6 Å². The van der Waals surface area contributed by atoms with Crippen LogP contribution in [0.1, 0.15) is 27.9 Å². The van der Waals surface area contributed by atoms with E-state index in [9.17, 15) is 18.3 Å². The van der Waals surface area contributed by atoms with Crippen LogP contribution in [0.2, 0.25) is 5.02 Å². The van der Waals surface area contributed by atoms with Crippen molar-refractivity contribution in [3.63, 3.8) is 0 Å². The van der Waals surface area contributed by atoms with Crippen LogP contribution in [0.3, 0.4) is 0 Å². The van der Waals surface area contributed by atoms with Gasteiger partial charge in [0.1, 0.15) is 5.75 Å². The van der Waals surface area contributed by atoms with Crippen LogP contribution < -0.4 is 0 Å². The Morgan fingerprint density at radius 2 is 1.76 bits per heavy atom. The number of benzene rings is 2. The van der Waals surface area contributed by atoms with Gasteiger partial charge in [0.15, 0.2) is 0 Å². The number of phenolic OH excluding ortho intramolecular Hbond substituents is 1. The molecule has 6 heteroatoms. The molecular weight excluding hydrogens is 351 g/mol.